The molecule has 2 atom stereocenters. The van der Waals surface area contributed by atoms with Crippen LogP contribution in [0, 0.1) is 18.7 Å². The number of nitrogens with one attached hydrogen (secondary N) is 1. The lowest BCUT2D eigenvalue weighted by Crippen LogP contribution is -2.40. The highest BCUT2D eigenvalue weighted by Crippen LogP contribution is 2.27. The van der Waals surface area contributed by atoms with Crippen LogP contribution in [0.3, 0.4) is 0 Å². The summed E-state index contributed by atoms with van der Waals surface area (Å²) in [6.07, 6.45) is 0.447. The number of anilines is 1. The molecule has 2 amide bonds. The van der Waals surface area contributed by atoms with Gasteiger partial charge in [0.15, 0.2) is 9.84 Å². The SMILES string of the molecule is Cc1ccc(N2C[C@H](C(=O)N[C@H]3CCS(=O)(=O)C3)CC2=O)cc1F. The third-order valence-electron chi connectivity index (χ3n) is 4.54. The predicted octanol–water partition coefficient (Wildman–Crippen LogP) is 0.790. The molecular weight excluding hydrogens is 335 g/mol. The van der Waals surface area contributed by atoms with Gasteiger partial charge in [-0.1, -0.05) is 6.07 Å². The van der Waals surface area contributed by atoms with Crippen molar-refractivity contribution in [2.45, 2.75) is 25.8 Å². The van der Waals surface area contributed by atoms with Gasteiger partial charge in [0.2, 0.25) is 11.8 Å². The molecule has 0 unspecified atom stereocenters. The zero-order chi connectivity index (χ0) is 17.5. The van der Waals surface area contributed by atoms with Gasteiger partial charge >= 0.3 is 0 Å². The van der Waals surface area contributed by atoms with Crippen LogP contribution in [0.1, 0.15) is 18.4 Å². The Hall–Kier alpha value is -1.96. The van der Waals surface area contributed by atoms with Crippen molar-refractivity contribution in [3.8, 4) is 0 Å². The molecule has 1 aromatic carbocycles. The van der Waals surface area contributed by atoms with Gasteiger partial charge in [-0.2, -0.15) is 0 Å². The molecule has 24 heavy (non-hydrogen) atoms. The van der Waals surface area contributed by atoms with Gasteiger partial charge in [0.1, 0.15) is 5.82 Å². The maximum atomic E-state index is 13.7. The summed E-state index contributed by atoms with van der Waals surface area (Å²) in [7, 11) is -3.07. The molecule has 0 bridgehead atoms. The number of sulfone groups is 1. The molecule has 1 aromatic rings. The lowest BCUT2D eigenvalue weighted by molar-refractivity contribution is -0.126. The minimum atomic E-state index is -3.07. The lowest BCUT2D eigenvalue weighted by atomic mass is 10.1. The van der Waals surface area contributed by atoms with Gasteiger partial charge in [-0.3, -0.25) is 9.59 Å². The molecule has 0 spiro atoms. The first-order chi connectivity index (χ1) is 11.2. The number of halogens is 1. The number of hydrogen-bond donors (Lipinski definition) is 1. The molecule has 0 radical (unpaired) electrons. The van der Waals surface area contributed by atoms with E-state index in [1.165, 1.54) is 11.0 Å². The molecule has 3 rings (SSSR count). The van der Waals surface area contributed by atoms with Crippen molar-refractivity contribution < 1.29 is 22.4 Å². The molecule has 2 saturated heterocycles. The monoisotopic (exact) mass is 354 g/mol. The van der Waals surface area contributed by atoms with E-state index in [1.54, 1.807) is 19.1 Å². The first-order valence-corrected chi connectivity index (χ1v) is 9.64. The van der Waals surface area contributed by atoms with Crippen LogP contribution in [-0.2, 0) is 19.4 Å². The van der Waals surface area contributed by atoms with Gasteiger partial charge in [-0.05, 0) is 31.0 Å². The van der Waals surface area contributed by atoms with E-state index < -0.39 is 21.6 Å². The zero-order valence-electron chi connectivity index (χ0n) is 13.3. The number of aryl methyl sites for hydroxylation is 1. The number of hydrogen-bond acceptors (Lipinski definition) is 4. The topological polar surface area (TPSA) is 83.6 Å². The fourth-order valence-corrected chi connectivity index (χ4v) is 4.78. The molecule has 0 saturated carbocycles. The summed E-state index contributed by atoms with van der Waals surface area (Å²) in [6, 6.07) is 4.15. The van der Waals surface area contributed by atoms with Crippen LogP contribution in [0.4, 0.5) is 10.1 Å². The Labute approximate surface area is 139 Å². The summed E-state index contributed by atoms with van der Waals surface area (Å²) in [5.41, 5.74) is 0.920. The maximum Gasteiger partial charge on any atom is 0.227 e. The van der Waals surface area contributed by atoms with Crippen LogP contribution in [0.5, 0.6) is 0 Å². The first kappa shape index (κ1) is 16.9. The maximum absolute atomic E-state index is 13.7. The van der Waals surface area contributed by atoms with Gasteiger partial charge in [-0.15, -0.1) is 0 Å². The molecule has 0 aromatic heterocycles. The van der Waals surface area contributed by atoms with E-state index in [4.69, 9.17) is 0 Å². The van der Waals surface area contributed by atoms with E-state index >= 15 is 0 Å². The van der Waals surface area contributed by atoms with Crippen LogP contribution in [-0.4, -0.2) is 44.3 Å². The van der Waals surface area contributed by atoms with Gasteiger partial charge in [-0.25, -0.2) is 12.8 Å². The molecule has 6 nitrogen and oxygen atoms in total. The number of carbonyl (C=O) groups is 2. The molecule has 2 aliphatic heterocycles. The molecule has 8 heteroatoms. The molecule has 0 aliphatic carbocycles. The Balaban J connectivity index is 1.66. The summed E-state index contributed by atoms with van der Waals surface area (Å²) in [5.74, 6) is -1.48. The van der Waals surface area contributed by atoms with Crippen molar-refractivity contribution in [1.29, 1.82) is 0 Å². The number of nitrogens with zero attached hydrogens (tertiary/aromatic N) is 1. The molecule has 2 heterocycles. The minimum absolute atomic E-state index is 0.0425. The van der Waals surface area contributed by atoms with Crippen molar-refractivity contribution in [1.82, 2.24) is 5.32 Å². The molecule has 2 fully saturated rings. The standard InChI is InChI=1S/C16H19FN2O4S/c1-10-2-3-13(7-14(10)17)19-8-11(6-15(19)20)16(21)18-12-4-5-24(22,23)9-12/h2-3,7,11-12H,4-6,8-9H2,1H3,(H,18,21)/t11-,12+/m1/s1. The number of carbonyl (C=O) groups excluding carboxylic acids is 2. The van der Waals surface area contributed by atoms with E-state index in [0.717, 1.165) is 0 Å². The van der Waals surface area contributed by atoms with Gasteiger partial charge in [0.25, 0.3) is 0 Å². The average molecular weight is 354 g/mol. The highest BCUT2D eigenvalue weighted by atomic mass is 32.2. The van der Waals surface area contributed by atoms with E-state index in [2.05, 4.69) is 5.32 Å². The van der Waals surface area contributed by atoms with Crippen LogP contribution < -0.4 is 10.2 Å². The van der Waals surface area contributed by atoms with E-state index in [9.17, 15) is 22.4 Å². The third kappa shape index (κ3) is 3.43. The highest BCUT2D eigenvalue weighted by Gasteiger charge is 2.37. The molecule has 130 valence electrons. The van der Waals surface area contributed by atoms with Crippen LogP contribution in [0.15, 0.2) is 18.2 Å². The Bertz CT molecular complexity index is 793. The second-order valence-corrected chi connectivity index (χ2v) is 8.68. The van der Waals surface area contributed by atoms with Crippen molar-refractivity contribution in [3.63, 3.8) is 0 Å². The summed E-state index contributed by atoms with van der Waals surface area (Å²) < 4.78 is 36.6. The summed E-state index contributed by atoms with van der Waals surface area (Å²) in [5, 5.41) is 2.72. The van der Waals surface area contributed by atoms with Gasteiger partial charge < -0.3 is 10.2 Å². The Morgan fingerprint density at radius 1 is 1.38 bits per heavy atom. The fourth-order valence-electron chi connectivity index (χ4n) is 3.11. The Morgan fingerprint density at radius 3 is 2.75 bits per heavy atom. The van der Waals surface area contributed by atoms with Crippen LogP contribution >= 0.6 is 0 Å². The predicted molar refractivity (Wildman–Crippen MR) is 86.8 cm³/mol. The number of rotatable bonds is 3. The summed E-state index contributed by atoms with van der Waals surface area (Å²) in [6.45, 7) is 1.81. The second-order valence-electron chi connectivity index (χ2n) is 6.45. The van der Waals surface area contributed by atoms with Crippen LogP contribution in [0.2, 0.25) is 0 Å². The second kappa shape index (κ2) is 6.16. The highest BCUT2D eigenvalue weighted by molar-refractivity contribution is 7.91. The molecule has 1 N–H and O–H groups in total. The Kier molecular flexibility index (Phi) is 4.33. The molecule has 2 aliphatic rings. The normalized spacial score (nSPS) is 25.9. The van der Waals surface area contributed by atoms with E-state index in [1.807, 2.05) is 0 Å². The lowest BCUT2D eigenvalue weighted by Gasteiger charge is -2.18. The van der Waals surface area contributed by atoms with E-state index in [-0.39, 0.29) is 42.3 Å². The number of benzene rings is 1. The summed E-state index contributed by atoms with van der Waals surface area (Å²) in [4.78, 5) is 25.9. The molecular formula is C16H19FN2O4S. The van der Waals surface area contributed by atoms with Crippen molar-refractivity contribution in [3.05, 3.63) is 29.6 Å². The van der Waals surface area contributed by atoms with Crippen molar-refractivity contribution in [2.75, 3.05) is 23.0 Å². The minimum Gasteiger partial charge on any atom is -0.352 e. The van der Waals surface area contributed by atoms with Crippen molar-refractivity contribution in [2.24, 2.45) is 5.92 Å². The Morgan fingerprint density at radius 2 is 2.12 bits per heavy atom. The fraction of sp³-hybridized carbons (Fsp3) is 0.500. The largest absolute Gasteiger partial charge is 0.352 e. The van der Waals surface area contributed by atoms with Gasteiger partial charge in [0.05, 0.1) is 17.4 Å². The first-order valence-electron chi connectivity index (χ1n) is 7.82. The average Bonchev–Trinajstić information content (AvgIpc) is 3.05. The van der Waals surface area contributed by atoms with Crippen LogP contribution in [0.25, 0.3) is 0 Å². The third-order valence-corrected chi connectivity index (χ3v) is 6.31. The zero-order valence-corrected chi connectivity index (χ0v) is 14.1. The number of amides is 2. The quantitative estimate of drug-likeness (QED) is 0.870. The smallest absolute Gasteiger partial charge is 0.227 e. The van der Waals surface area contributed by atoms with Gasteiger partial charge in [0, 0.05) is 24.7 Å². The van der Waals surface area contributed by atoms with Crippen molar-refractivity contribution >= 4 is 27.3 Å². The van der Waals surface area contributed by atoms with E-state index in [0.29, 0.717) is 17.7 Å². The summed E-state index contributed by atoms with van der Waals surface area (Å²) >= 11 is 0.